The van der Waals surface area contributed by atoms with Crippen LogP contribution in [-0.4, -0.2) is 77.9 Å². The lowest BCUT2D eigenvalue weighted by atomic mass is 10.1. The molecule has 0 amide bonds. The lowest BCUT2D eigenvalue weighted by molar-refractivity contribution is -0.161. The zero-order chi connectivity index (χ0) is 42.4. The quantitative estimate of drug-likeness (QED) is 0.0178. The predicted molar refractivity (Wildman–Crippen MR) is 232 cm³/mol. The number of unbranched alkanes of at least 4 members (excludes halogenated alkanes) is 11. The molecule has 0 aromatic carbocycles. The number of aliphatic hydroxyl groups is 2. The molecule has 3 unspecified atom stereocenters. The van der Waals surface area contributed by atoms with E-state index in [9.17, 15) is 24.2 Å². The number of carbonyl (C=O) groups excluding carboxylic acids is 2. The van der Waals surface area contributed by atoms with Crippen molar-refractivity contribution in [2.45, 2.75) is 180 Å². The SMILES string of the molecule is CCCCC/C=C\CC1OC1C/C=C\C/C=C\CCCC(=O)OC[C@H](COP(=O)(O)OC[C@@H](O)CO)OC(=O)CCC/C=C\C/C=C\C/C=C\CCCCCCCC. The summed E-state index contributed by atoms with van der Waals surface area (Å²) >= 11 is 0. The number of hydrogen-bond donors (Lipinski definition) is 3. The Morgan fingerprint density at radius 2 is 1.05 bits per heavy atom. The van der Waals surface area contributed by atoms with E-state index in [-0.39, 0.29) is 19.4 Å². The van der Waals surface area contributed by atoms with E-state index in [2.05, 4.69) is 73.1 Å². The molecule has 1 heterocycles. The molecular weight excluding hydrogens is 759 g/mol. The number of hydrogen-bond acceptors (Lipinski definition) is 10. The third kappa shape index (κ3) is 34.3. The maximum absolute atomic E-state index is 12.6. The number of esters is 2. The van der Waals surface area contributed by atoms with E-state index in [4.69, 9.17) is 23.8 Å². The molecule has 0 aliphatic carbocycles. The smallest absolute Gasteiger partial charge is 0.462 e. The van der Waals surface area contributed by atoms with Gasteiger partial charge in [0.2, 0.25) is 0 Å². The molecule has 0 aromatic heterocycles. The number of aliphatic hydroxyl groups excluding tert-OH is 2. The molecule has 1 saturated heterocycles. The topological polar surface area (TPSA) is 161 Å². The van der Waals surface area contributed by atoms with Gasteiger partial charge in [-0.25, -0.2) is 4.57 Å². The van der Waals surface area contributed by atoms with Gasteiger partial charge in [-0.1, -0.05) is 132 Å². The van der Waals surface area contributed by atoms with Crippen molar-refractivity contribution in [3.63, 3.8) is 0 Å². The maximum Gasteiger partial charge on any atom is 0.472 e. The van der Waals surface area contributed by atoms with Crippen molar-refractivity contribution in [3.05, 3.63) is 72.9 Å². The maximum atomic E-state index is 12.6. The second-order valence-electron chi connectivity index (χ2n) is 14.7. The first-order valence-corrected chi connectivity index (χ1v) is 23.5. The summed E-state index contributed by atoms with van der Waals surface area (Å²) in [4.78, 5) is 35.0. The van der Waals surface area contributed by atoms with Gasteiger partial charge in [0.1, 0.15) is 12.7 Å². The number of phosphoric ester groups is 1. The van der Waals surface area contributed by atoms with Crippen LogP contribution in [0.15, 0.2) is 72.9 Å². The molecule has 1 rings (SSSR count). The van der Waals surface area contributed by atoms with E-state index < -0.39 is 51.8 Å². The summed E-state index contributed by atoms with van der Waals surface area (Å²) in [5.41, 5.74) is 0. The van der Waals surface area contributed by atoms with Gasteiger partial charge in [0.25, 0.3) is 0 Å². The van der Waals surface area contributed by atoms with E-state index in [1.54, 1.807) is 0 Å². The van der Waals surface area contributed by atoms with Gasteiger partial charge in [-0.2, -0.15) is 0 Å². The molecule has 1 aliphatic heterocycles. The summed E-state index contributed by atoms with van der Waals surface area (Å²) < 4.78 is 38.3. The zero-order valence-electron chi connectivity index (χ0n) is 35.7. The Kier molecular flexibility index (Phi) is 34.4. The number of phosphoric acid groups is 1. The Bertz CT molecular complexity index is 1260. The highest BCUT2D eigenvalue weighted by molar-refractivity contribution is 7.47. The first kappa shape index (κ1) is 53.4. The summed E-state index contributed by atoms with van der Waals surface area (Å²) in [6.07, 6.45) is 44.8. The fourth-order valence-electron chi connectivity index (χ4n) is 5.69. The molecule has 0 spiro atoms. The molecule has 3 N–H and O–H groups in total. The van der Waals surface area contributed by atoms with Gasteiger partial charge in [-0.3, -0.25) is 18.6 Å². The van der Waals surface area contributed by atoms with Crippen molar-refractivity contribution in [3.8, 4) is 0 Å². The molecule has 11 nitrogen and oxygen atoms in total. The molecule has 0 bridgehead atoms. The van der Waals surface area contributed by atoms with E-state index >= 15 is 0 Å². The molecule has 1 fully saturated rings. The van der Waals surface area contributed by atoms with E-state index in [0.29, 0.717) is 37.9 Å². The molecule has 58 heavy (non-hydrogen) atoms. The Balaban J connectivity index is 2.33. The van der Waals surface area contributed by atoms with Crippen LogP contribution >= 0.6 is 7.82 Å². The largest absolute Gasteiger partial charge is 0.472 e. The van der Waals surface area contributed by atoms with Crippen LogP contribution in [0.1, 0.15) is 155 Å². The monoisotopic (exact) mass is 837 g/mol. The van der Waals surface area contributed by atoms with Gasteiger partial charge in [0.05, 0.1) is 32.0 Å². The fraction of sp³-hybridized carbons (Fsp3) is 0.696. The summed E-state index contributed by atoms with van der Waals surface area (Å²) in [5, 5.41) is 18.3. The minimum absolute atomic E-state index is 0.0945. The molecular formula is C46H77O11P. The normalized spacial score (nSPS) is 18.0. The van der Waals surface area contributed by atoms with Crippen LogP contribution in [0, 0.1) is 0 Å². The summed E-state index contributed by atoms with van der Waals surface area (Å²) in [7, 11) is -4.65. The van der Waals surface area contributed by atoms with E-state index in [0.717, 1.165) is 44.9 Å². The average Bonchev–Trinajstić information content (AvgIpc) is 3.97. The van der Waals surface area contributed by atoms with Crippen LogP contribution in [-0.2, 0) is 37.4 Å². The van der Waals surface area contributed by atoms with Gasteiger partial charge < -0.3 is 29.3 Å². The van der Waals surface area contributed by atoms with Crippen molar-refractivity contribution < 1.29 is 52.5 Å². The van der Waals surface area contributed by atoms with Crippen LogP contribution < -0.4 is 0 Å². The number of epoxide rings is 1. The molecule has 0 aromatic rings. The Hall–Kier alpha value is -2.63. The minimum Gasteiger partial charge on any atom is -0.462 e. The lowest BCUT2D eigenvalue weighted by Crippen LogP contribution is -2.29. The van der Waals surface area contributed by atoms with E-state index in [1.807, 2.05) is 18.2 Å². The van der Waals surface area contributed by atoms with Gasteiger partial charge in [-0.15, -0.1) is 0 Å². The minimum atomic E-state index is -4.65. The summed E-state index contributed by atoms with van der Waals surface area (Å²) in [5.74, 6) is -1.06. The predicted octanol–water partition coefficient (Wildman–Crippen LogP) is 10.7. The Morgan fingerprint density at radius 3 is 1.66 bits per heavy atom. The molecule has 1 aliphatic rings. The average molecular weight is 837 g/mol. The van der Waals surface area contributed by atoms with Gasteiger partial charge in [-0.05, 0) is 83.5 Å². The van der Waals surface area contributed by atoms with Crippen molar-refractivity contribution in [2.75, 3.05) is 26.4 Å². The van der Waals surface area contributed by atoms with Crippen LogP contribution in [0.3, 0.4) is 0 Å². The number of carbonyl (C=O) groups is 2. The molecule has 0 saturated carbocycles. The lowest BCUT2D eigenvalue weighted by Gasteiger charge is -2.20. The van der Waals surface area contributed by atoms with Crippen LogP contribution in [0.4, 0.5) is 0 Å². The molecule has 332 valence electrons. The highest BCUT2D eigenvalue weighted by Crippen LogP contribution is 2.43. The summed E-state index contributed by atoms with van der Waals surface area (Å²) in [6, 6.07) is 0. The van der Waals surface area contributed by atoms with Gasteiger partial charge in [0, 0.05) is 12.8 Å². The third-order valence-corrected chi connectivity index (χ3v) is 10.2. The highest BCUT2D eigenvalue weighted by Gasteiger charge is 2.36. The summed E-state index contributed by atoms with van der Waals surface area (Å²) in [6.45, 7) is 2.20. The first-order valence-electron chi connectivity index (χ1n) is 22.0. The first-order chi connectivity index (χ1) is 28.2. The highest BCUT2D eigenvalue weighted by atomic mass is 31.2. The number of ether oxygens (including phenoxy) is 3. The fourth-order valence-corrected chi connectivity index (χ4v) is 6.48. The van der Waals surface area contributed by atoms with Gasteiger partial charge >= 0.3 is 19.8 Å². The molecule has 12 heteroatoms. The Morgan fingerprint density at radius 1 is 0.603 bits per heavy atom. The van der Waals surface area contributed by atoms with E-state index in [1.165, 1.54) is 57.8 Å². The second-order valence-corrected chi connectivity index (χ2v) is 16.2. The standard InChI is InChI=1S/C46H77O11P/c1-3-5-7-9-11-12-13-14-15-16-17-18-19-20-23-28-32-36-46(50)56-42(40-55-58(51,52)54-38-41(48)37-47)39-53-45(49)35-31-27-24-21-22-26-30-34-44-43(57-44)33-29-25-10-8-6-4-2/h14-15,17-18,20-21,23-26,29-30,41-44,47-48H,3-13,16,19,22,27-28,31-40H2,1-2H3,(H,51,52)/b15-14-,18-17-,23-20-,24-21-,29-25-,30-26-/t41-,42+,43?,44?/m0/s1. The van der Waals surface area contributed by atoms with Crippen LogP contribution in [0.2, 0.25) is 0 Å². The molecule has 5 atom stereocenters. The third-order valence-electron chi connectivity index (χ3n) is 9.24. The van der Waals surface area contributed by atoms with Crippen molar-refractivity contribution in [1.29, 1.82) is 0 Å². The van der Waals surface area contributed by atoms with Crippen molar-refractivity contribution >= 4 is 19.8 Å². The van der Waals surface area contributed by atoms with Crippen LogP contribution in [0.25, 0.3) is 0 Å². The van der Waals surface area contributed by atoms with Crippen LogP contribution in [0.5, 0.6) is 0 Å². The van der Waals surface area contributed by atoms with Crippen molar-refractivity contribution in [2.24, 2.45) is 0 Å². The Labute approximate surface area is 350 Å². The second kappa shape index (κ2) is 37.4. The van der Waals surface area contributed by atoms with Gasteiger partial charge in [0.15, 0.2) is 6.10 Å². The zero-order valence-corrected chi connectivity index (χ0v) is 36.6. The molecule has 0 radical (unpaired) electrons. The number of allylic oxidation sites excluding steroid dienone is 10. The van der Waals surface area contributed by atoms with Crippen molar-refractivity contribution in [1.82, 2.24) is 0 Å². The number of rotatable bonds is 39.